The highest BCUT2D eigenvalue weighted by Gasteiger charge is 2.16. The predicted molar refractivity (Wildman–Crippen MR) is 101 cm³/mol. The molecule has 1 aromatic heterocycles. The van der Waals surface area contributed by atoms with Crippen LogP contribution in [0, 0.1) is 11.6 Å². The lowest BCUT2D eigenvalue weighted by Gasteiger charge is -2.17. The Kier molecular flexibility index (Phi) is 5.74. The van der Waals surface area contributed by atoms with Gasteiger partial charge in [0.2, 0.25) is 0 Å². The minimum absolute atomic E-state index is 0.0858. The van der Waals surface area contributed by atoms with Crippen LogP contribution in [0.25, 0.3) is 0 Å². The molecule has 7 heteroatoms. The molecule has 0 bridgehead atoms. The maximum atomic E-state index is 13.7. The minimum atomic E-state index is -0.892. The Morgan fingerprint density at radius 3 is 2.43 bits per heavy atom. The number of benzene rings is 2. The van der Waals surface area contributed by atoms with Crippen molar-refractivity contribution in [3.8, 4) is 0 Å². The van der Waals surface area contributed by atoms with E-state index in [0.717, 1.165) is 17.7 Å². The fraction of sp³-hybridized carbons (Fsp3) is 0.0952. The van der Waals surface area contributed by atoms with E-state index in [2.05, 4.69) is 10.3 Å². The van der Waals surface area contributed by atoms with E-state index in [4.69, 9.17) is 0 Å². The molecule has 0 saturated heterocycles. The van der Waals surface area contributed by atoms with Crippen molar-refractivity contribution in [3.05, 3.63) is 95.3 Å². The number of hydrogen-bond donors (Lipinski definition) is 1. The van der Waals surface area contributed by atoms with Crippen molar-refractivity contribution in [3.63, 3.8) is 0 Å². The standard InChI is InChI=1S/C21H17F2N3O2/c1-26(13-14-5-3-2-4-6-14)21(28)16-9-15(11-24-12-16)20(27)25-19-8-7-17(22)10-18(19)23/h2-12H,13H2,1H3,(H,25,27). The summed E-state index contributed by atoms with van der Waals surface area (Å²) in [5.41, 5.74) is 1.12. The van der Waals surface area contributed by atoms with Crippen molar-refractivity contribution >= 4 is 17.5 Å². The molecule has 0 spiro atoms. The number of halogens is 2. The molecule has 0 atom stereocenters. The molecule has 0 aliphatic heterocycles. The number of nitrogens with one attached hydrogen (secondary N) is 1. The Labute approximate surface area is 160 Å². The number of amides is 2. The lowest BCUT2D eigenvalue weighted by molar-refractivity contribution is 0.0784. The Bertz CT molecular complexity index is 1010. The van der Waals surface area contributed by atoms with Crippen LogP contribution in [-0.2, 0) is 6.54 Å². The second-order valence-corrected chi connectivity index (χ2v) is 6.19. The van der Waals surface area contributed by atoms with Gasteiger partial charge in [0.1, 0.15) is 11.6 Å². The third kappa shape index (κ3) is 4.56. The van der Waals surface area contributed by atoms with Crippen molar-refractivity contribution in [2.75, 3.05) is 12.4 Å². The van der Waals surface area contributed by atoms with E-state index >= 15 is 0 Å². The molecule has 0 radical (unpaired) electrons. The zero-order valence-corrected chi connectivity index (χ0v) is 15.0. The van der Waals surface area contributed by atoms with Gasteiger partial charge in [-0.3, -0.25) is 14.6 Å². The minimum Gasteiger partial charge on any atom is -0.337 e. The molecular formula is C21H17F2N3O2. The summed E-state index contributed by atoms with van der Waals surface area (Å²) in [7, 11) is 1.65. The highest BCUT2D eigenvalue weighted by Crippen LogP contribution is 2.17. The molecule has 0 unspecified atom stereocenters. The molecular weight excluding hydrogens is 364 g/mol. The molecule has 1 heterocycles. The third-order valence-electron chi connectivity index (χ3n) is 4.04. The average molecular weight is 381 g/mol. The van der Waals surface area contributed by atoms with Crippen LogP contribution < -0.4 is 5.32 Å². The lowest BCUT2D eigenvalue weighted by Crippen LogP contribution is -2.26. The van der Waals surface area contributed by atoms with Crippen molar-refractivity contribution in [1.82, 2.24) is 9.88 Å². The van der Waals surface area contributed by atoms with Gasteiger partial charge in [-0.1, -0.05) is 30.3 Å². The molecule has 3 rings (SSSR count). The topological polar surface area (TPSA) is 62.3 Å². The largest absolute Gasteiger partial charge is 0.337 e. The van der Waals surface area contributed by atoms with Gasteiger partial charge < -0.3 is 10.2 Å². The number of carbonyl (C=O) groups excluding carboxylic acids is 2. The van der Waals surface area contributed by atoms with E-state index in [1.165, 1.54) is 23.4 Å². The van der Waals surface area contributed by atoms with Gasteiger partial charge in [-0.15, -0.1) is 0 Å². The molecule has 142 valence electrons. The second kappa shape index (κ2) is 8.39. The van der Waals surface area contributed by atoms with Crippen LogP contribution in [0.15, 0.2) is 67.0 Å². The highest BCUT2D eigenvalue weighted by atomic mass is 19.1. The summed E-state index contributed by atoms with van der Waals surface area (Å²) in [6, 6.07) is 13.7. The van der Waals surface area contributed by atoms with Gasteiger partial charge in [0.15, 0.2) is 0 Å². The smallest absolute Gasteiger partial charge is 0.257 e. The molecule has 2 amide bonds. The van der Waals surface area contributed by atoms with Gasteiger partial charge in [0.25, 0.3) is 11.8 Å². The van der Waals surface area contributed by atoms with Crippen LogP contribution in [0.4, 0.5) is 14.5 Å². The fourth-order valence-corrected chi connectivity index (χ4v) is 2.62. The number of hydrogen-bond acceptors (Lipinski definition) is 3. The number of carbonyl (C=O) groups is 2. The first-order valence-electron chi connectivity index (χ1n) is 8.45. The molecule has 5 nitrogen and oxygen atoms in total. The molecule has 28 heavy (non-hydrogen) atoms. The molecule has 2 aromatic carbocycles. The summed E-state index contributed by atoms with van der Waals surface area (Å²) >= 11 is 0. The summed E-state index contributed by atoms with van der Waals surface area (Å²) in [5.74, 6) is -2.60. The summed E-state index contributed by atoms with van der Waals surface area (Å²) in [4.78, 5) is 30.4. The average Bonchev–Trinajstić information content (AvgIpc) is 2.70. The Hall–Kier alpha value is -3.61. The maximum absolute atomic E-state index is 13.7. The van der Waals surface area contributed by atoms with E-state index in [-0.39, 0.29) is 22.7 Å². The number of anilines is 1. The number of pyridine rings is 1. The molecule has 0 saturated carbocycles. The summed E-state index contributed by atoms with van der Waals surface area (Å²) in [6.45, 7) is 0.400. The first-order valence-corrected chi connectivity index (χ1v) is 8.45. The number of rotatable bonds is 5. The van der Waals surface area contributed by atoms with Gasteiger partial charge in [-0.2, -0.15) is 0 Å². The molecule has 0 aliphatic rings. The van der Waals surface area contributed by atoms with E-state index in [9.17, 15) is 18.4 Å². The van der Waals surface area contributed by atoms with Crippen LogP contribution in [0.1, 0.15) is 26.3 Å². The van der Waals surface area contributed by atoms with Crippen LogP contribution in [0.5, 0.6) is 0 Å². The normalized spacial score (nSPS) is 10.4. The fourth-order valence-electron chi connectivity index (χ4n) is 2.62. The predicted octanol–water partition coefficient (Wildman–Crippen LogP) is 3.88. The second-order valence-electron chi connectivity index (χ2n) is 6.19. The van der Waals surface area contributed by atoms with Crippen LogP contribution in [-0.4, -0.2) is 28.7 Å². The molecule has 3 aromatic rings. The van der Waals surface area contributed by atoms with Crippen LogP contribution >= 0.6 is 0 Å². The van der Waals surface area contributed by atoms with Gasteiger partial charge in [0, 0.05) is 32.1 Å². The van der Waals surface area contributed by atoms with E-state index in [0.29, 0.717) is 12.6 Å². The Balaban J connectivity index is 1.73. The van der Waals surface area contributed by atoms with Crippen molar-refractivity contribution in [1.29, 1.82) is 0 Å². The first kappa shape index (κ1) is 19.2. The molecule has 0 aliphatic carbocycles. The Morgan fingerprint density at radius 1 is 1.00 bits per heavy atom. The molecule has 1 N–H and O–H groups in total. The van der Waals surface area contributed by atoms with E-state index < -0.39 is 17.5 Å². The monoisotopic (exact) mass is 381 g/mol. The van der Waals surface area contributed by atoms with Gasteiger partial charge in [-0.05, 0) is 23.8 Å². The van der Waals surface area contributed by atoms with Crippen molar-refractivity contribution in [2.45, 2.75) is 6.54 Å². The van der Waals surface area contributed by atoms with E-state index in [1.54, 1.807) is 7.05 Å². The summed E-state index contributed by atoms with van der Waals surface area (Å²) in [5, 5.41) is 2.34. The maximum Gasteiger partial charge on any atom is 0.257 e. The summed E-state index contributed by atoms with van der Waals surface area (Å²) in [6.07, 6.45) is 2.63. The van der Waals surface area contributed by atoms with Gasteiger partial charge in [0.05, 0.1) is 16.8 Å². The van der Waals surface area contributed by atoms with Gasteiger partial charge in [-0.25, -0.2) is 8.78 Å². The zero-order valence-electron chi connectivity index (χ0n) is 15.0. The lowest BCUT2D eigenvalue weighted by atomic mass is 10.1. The Morgan fingerprint density at radius 2 is 1.71 bits per heavy atom. The first-order chi connectivity index (χ1) is 13.4. The molecule has 0 fully saturated rings. The van der Waals surface area contributed by atoms with Crippen LogP contribution in [0.2, 0.25) is 0 Å². The van der Waals surface area contributed by atoms with Crippen molar-refractivity contribution in [2.24, 2.45) is 0 Å². The quantitative estimate of drug-likeness (QED) is 0.730. The third-order valence-corrected chi connectivity index (χ3v) is 4.04. The van der Waals surface area contributed by atoms with Crippen LogP contribution in [0.3, 0.4) is 0 Å². The number of aromatic nitrogens is 1. The number of nitrogens with zero attached hydrogens (tertiary/aromatic N) is 2. The van der Waals surface area contributed by atoms with Crippen molar-refractivity contribution < 1.29 is 18.4 Å². The summed E-state index contributed by atoms with van der Waals surface area (Å²) < 4.78 is 26.7. The SMILES string of the molecule is CN(Cc1ccccc1)C(=O)c1cncc(C(=O)Nc2ccc(F)cc2F)c1. The van der Waals surface area contributed by atoms with E-state index in [1.807, 2.05) is 30.3 Å². The van der Waals surface area contributed by atoms with Gasteiger partial charge >= 0.3 is 0 Å². The highest BCUT2D eigenvalue weighted by molar-refractivity contribution is 6.05. The zero-order chi connectivity index (χ0) is 20.1.